The average molecular weight is 387 g/mol. The molecule has 0 heterocycles. The van der Waals surface area contributed by atoms with Gasteiger partial charge in [0.05, 0.1) is 0 Å². The standard InChI is InChI=1S/C15H27O.3CH3.Sn/c1-2-12-15(16)13-10-8-6-4-3-5-7-9-11-14-15;;;;/h16H,1,3-14H2;3*1H3;. The van der Waals surface area contributed by atoms with E-state index in [2.05, 4.69) is 21.4 Å². The maximum atomic E-state index is 11.1. The van der Waals surface area contributed by atoms with Gasteiger partial charge in [-0.25, -0.2) is 0 Å². The number of hydrogen-bond acceptors (Lipinski definition) is 1. The van der Waals surface area contributed by atoms with Crippen molar-refractivity contribution in [1.29, 1.82) is 0 Å². The Bertz CT molecular complexity index is 278. The Hall–Kier alpha value is 0.499. The van der Waals surface area contributed by atoms with Crippen LogP contribution in [0.3, 0.4) is 0 Å². The van der Waals surface area contributed by atoms with Crippen LogP contribution in [0, 0.1) is 0 Å². The Balaban J connectivity index is 2.57. The van der Waals surface area contributed by atoms with Crippen LogP contribution < -0.4 is 0 Å². The summed E-state index contributed by atoms with van der Waals surface area (Å²) >= 11 is -2.05. The van der Waals surface area contributed by atoms with Crippen LogP contribution in [0.5, 0.6) is 0 Å². The van der Waals surface area contributed by atoms with E-state index >= 15 is 0 Å². The monoisotopic (exact) mass is 388 g/mol. The SMILES string of the molecule is C=[C](CC1(O)CCCCCCCCCCC1)[Sn]([CH3])([CH3])[CH3]. The molecular formula is C18H36OSn. The van der Waals surface area contributed by atoms with Crippen molar-refractivity contribution in [2.24, 2.45) is 0 Å². The van der Waals surface area contributed by atoms with E-state index in [0.29, 0.717) is 0 Å². The molecule has 20 heavy (non-hydrogen) atoms. The molecule has 2 heteroatoms. The van der Waals surface area contributed by atoms with Gasteiger partial charge in [-0.15, -0.1) is 0 Å². The van der Waals surface area contributed by atoms with Crippen molar-refractivity contribution in [2.45, 2.75) is 97.5 Å². The van der Waals surface area contributed by atoms with Crippen molar-refractivity contribution >= 4 is 18.4 Å². The van der Waals surface area contributed by atoms with Gasteiger partial charge in [0.1, 0.15) is 0 Å². The Morgan fingerprint density at radius 3 is 1.55 bits per heavy atom. The van der Waals surface area contributed by atoms with Gasteiger partial charge in [-0.1, -0.05) is 0 Å². The molecule has 0 aromatic carbocycles. The summed E-state index contributed by atoms with van der Waals surface area (Å²) in [6.45, 7) is 4.33. The van der Waals surface area contributed by atoms with Gasteiger partial charge in [-0.3, -0.25) is 0 Å². The van der Waals surface area contributed by atoms with E-state index in [-0.39, 0.29) is 0 Å². The molecule has 1 N–H and O–H groups in total. The fourth-order valence-corrected chi connectivity index (χ4v) is 5.56. The molecule has 0 aromatic heterocycles. The zero-order valence-corrected chi connectivity index (χ0v) is 17.0. The number of aliphatic hydroxyl groups is 1. The predicted octanol–water partition coefficient (Wildman–Crippen LogP) is 5.85. The van der Waals surface area contributed by atoms with Crippen LogP contribution in [0.25, 0.3) is 0 Å². The van der Waals surface area contributed by atoms with Crippen LogP contribution in [0.4, 0.5) is 0 Å². The van der Waals surface area contributed by atoms with Gasteiger partial charge in [0.25, 0.3) is 0 Å². The number of rotatable bonds is 3. The molecule has 0 atom stereocenters. The van der Waals surface area contributed by atoms with E-state index in [1.165, 1.54) is 61.4 Å². The van der Waals surface area contributed by atoms with Gasteiger partial charge in [0, 0.05) is 0 Å². The molecule has 0 radical (unpaired) electrons. The molecule has 118 valence electrons. The third-order valence-corrected chi connectivity index (χ3v) is 11.4. The molecule has 1 rings (SSSR count). The van der Waals surface area contributed by atoms with Gasteiger partial charge >= 0.3 is 131 Å². The Morgan fingerprint density at radius 2 is 1.20 bits per heavy atom. The molecule has 0 bridgehead atoms. The second-order valence-corrected chi connectivity index (χ2v) is 22.8. The Labute approximate surface area is 131 Å². The van der Waals surface area contributed by atoms with Crippen molar-refractivity contribution in [3.8, 4) is 0 Å². The van der Waals surface area contributed by atoms with Crippen molar-refractivity contribution < 1.29 is 5.11 Å². The van der Waals surface area contributed by atoms with Crippen molar-refractivity contribution in [1.82, 2.24) is 0 Å². The first-order chi connectivity index (χ1) is 9.33. The molecule has 0 saturated heterocycles. The minimum absolute atomic E-state index is 0.444. The Morgan fingerprint density at radius 1 is 0.850 bits per heavy atom. The fourth-order valence-electron chi connectivity index (χ4n) is 3.11. The second kappa shape index (κ2) is 8.82. The van der Waals surface area contributed by atoms with E-state index in [1.807, 2.05) is 0 Å². The molecule has 1 nitrogen and oxygen atoms in total. The van der Waals surface area contributed by atoms with Crippen molar-refractivity contribution in [3.63, 3.8) is 0 Å². The van der Waals surface area contributed by atoms with Crippen LogP contribution in [0.2, 0.25) is 14.8 Å². The van der Waals surface area contributed by atoms with Crippen LogP contribution in [0.15, 0.2) is 10.2 Å². The molecule has 0 amide bonds. The predicted molar refractivity (Wildman–Crippen MR) is 92.8 cm³/mol. The van der Waals surface area contributed by atoms with Gasteiger partial charge in [-0.2, -0.15) is 0 Å². The summed E-state index contributed by atoms with van der Waals surface area (Å²) in [5, 5.41) is 11.1. The van der Waals surface area contributed by atoms with E-state index in [1.54, 1.807) is 0 Å². The van der Waals surface area contributed by atoms with Crippen LogP contribution in [0.1, 0.15) is 77.0 Å². The summed E-state index contributed by atoms with van der Waals surface area (Å²) in [5.41, 5.74) is -0.444. The van der Waals surface area contributed by atoms with E-state index in [0.717, 1.165) is 19.3 Å². The quantitative estimate of drug-likeness (QED) is 0.603. The zero-order valence-electron chi connectivity index (χ0n) is 14.1. The second-order valence-electron chi connectivity index (χ2n) is 7.94. The third-order valence-electron chi connectivity index (χ3n) is 4.89. The normalized spacial score (nSPS) is 22.6. The molecule has 1 fully saturated rings. The molecule has 0 unspecified atom stereocenters. The molecule has 1 aliphatic rings. The topological polar surface area (TPSA) is 20.2 Å². The van der Waals surface area contributed by atoms with Crippen LogP contribution in [-0.4, -0.2) is 29.1 Å². The maximum absolute atomic E-state index is 11.1. The molecular weight excluding hydrogens is 351 g/mol. The first-order valence-electron chi connectivity index (χ1n) is 8.74. The zero-order chi connectivity index (χ0) is 15.1. The summed E-state index contributed by atoms with van der Waals surface area (Å²) in [5.74, 6) is 0. The summed E-state index contributed by atoms with van der Waals surface area (Å²) in [7, 11) is 0. The molecule has 0 aromatic rings. The summed E-state index contributed by atoms with van der Waals surface area (Å²) in [6, 6.07) is 0. The van der Waals surface area contributed by atoms with Crippen LogP contribution >= 0.6 is 0 Å². The molecule has 1 saturated carbocycles. The summed E-state index contributed by atoms with van der Waals surface area (Å²) in [4.78, 5) is 7.24. The van der Waals surface area contributed by atoms with Crippen LogP contribution in [-0.2, 0) is 0 Å². The summed E-state index contributed by atoms with van der Waals surface area (Å²) in [6.07, 6.45) is 14.8. The van der Waals surface area contributed by atoms with Gasteiger partial charge in [0.15, 0.2) is 0 Å². The first kappa shape index (κ1) is 18.5. The number of hydrogen-bond donors (Lipinski definition) is 1. The van der Waals surface area contributed by atoms with E-state index in [4.69, 9.17) is 0 Å². The minimum atomic E-state index is -2.05. The molecule has 0 spiro atoms. The molecule has 0 aliphatic heterocycles. The third kappa shape index (κ3) is 7.49. The fraction of sp³-hybridized carbons (Fsp3) is 0.889. The van der Waals surface area contributed by atoms with E-state index < -0.39 is 24.0 Å². The van der Waals surface area contributed by atoms with Gasteiger partial charge in [0.2, 0.25) is 0 Å². The molecule has 1 aliphatic carbocycles. The van der Waals surface area contributed by atoms with Gasteiger partial charge in [-0.05, 0) is 0 Å². The summed E-state index contributed by atoms with van der Waals surface area (Å²) < 4.78 is 1.41. The first-order valence-corrected chi connectivity index (χ1v) is 18.7. The van der Waals surface area contributed by atoms with Gasteiger partial charge < -0.3 is 0 Å². The van der Waals surface area contributed by atoms with Crippen molar-refractivity contribution in [3.05, 3.63) is 10.2 Å². The Kier molecular flexibility index (Phi) is 8.18. The van der Waals surface area contributed by atoms with Crippen molar-refractivity contribution in [2.75, 3.05) is 0 Å². The average Bonchev–Trinajstić information content (AvgIpc) is 2.33. The van der Waals surface area contributed by atoms with E-state index in [9.17, 15) is 5.11 Å².